The molecule has 0 aliphatic rings. The minimum atomic E-state index is -0.845. The van der Waals surface area contributed by atoms with Crippen molar-refractivity contribution < 1.29 is 28.1 Å². The number of anilines is 1. The van der Waals surface area contributed by atoms with E-state index in [9.17, 15) is 24.1 Å². The maximum atomic E-state index is 13.6. The summed E-state index contributed by atoms with van der Waals surface area (Å²) in [6.45, 7) is 4.29. The molecule has 25 heavy (non-hydrogen) atoms. The molecule has 0 bridgehead atoms. The van der Waals surface area contributed by atoms with Crippen molar-refractivity contribution in [3.05, 3.63) is 56.8 Å². The van der Waals surface area contributed by atoms with E-state index < -0.39 is 29.2 Å². The van der Waals surface area contributed by atoms with Gasteiger partial charge in [-0.15, -0.1) is 0 Å². The quantitative estimate of drug-likeness (QED) is 0.504. The van der Waals surface area contributed by atoms with Crippen LogP contribution >= 0.6 is 0 Å². The third-order valence-corrected chi connectivity index (χ3v) is 3.53. The van der Waals surface area contributed by atoms with Gasteiger partial charge in [0.05, 0.1) is 10.6 Å². The second kappa shape index (κ2) is 7.12. The van der Waals surface area contributed by atoms with Crippen LogP contribution in [0.15, 0.2) is 22.6 Å². The number of rotatable bonds is 5. The Morgan fingerprint density at radius 2 is 1.96 bits per heavy atom. The average Bonchev–Trinajstić information content (AvgIpc) is 2.79. The normalized spacial score (nSPS) is 10.4. The number of benzene rings is 1. The number of non-ortho nitro benzene ring substituents is 1. The lowest BCUT2D eigenvalue weighted by Gasteiger charge is -2.07. The summed E-state index contributed by atoms with van der Waals surface area (Å²) < 4.78 is 23.8. The Labute approximate surface area is 141 Å². The molecule has 132 valence electrons. The summed E-state index contributed by atoms with van der Waals surface area (Å²) in [6.07, 6.45) is 0. The summed E-state index contributed by atoms with van der Waals surface area (Å²) in [6, 6.07) is 2.71. The number of hydrogen-bond donors (Lipinski definition) is 1. The van der Waals surface area contributed by atoms with Gasteiger partial charge in [-0.3, -0.25) is 14.9 Å². The molecule has 1 heterocycles. The number of nitro groups is 1. The van der Waals surface area contributed by atoms with Crippen molar-refractivity contribution in [3.8, 4) is 0 Å². The second-order valence-corrected chi connectivity index (χ2v) is 5.26. The maximum Gasteiger partial charge on any atom is 0.342 e. The molecule has 0 aliphatic carbocycles. The molecule has 8 nitrogen and oxygen atoms in total. The molecular weight excluding hydrogens is 335 g/mol. The van der Waals surface area contributed by atoms with Crippen LogP contribution < -0.4 is 5.32 Å². The molecule has 2 aromatic rings. The number of aryl methyl sites for hydroxylation is 2. The van der Waals surface area contributed by atoms with Crippen LogP contribution in [-0.4, -0.2) is 23.4 Å². The highest BCUT2D eigenvalue weighted by Gasteiger charge is 2.21. The lowest BCUT2D eigenvalue weighted by Crippen LogP contribution is -2.22. The van der Waals surface area contributed by atoms with E-state index in [0.29, 0.717) is 17.1 Å². The molecule has 0 atom stereocenters. The highest BCUT2D eigenvalue weighted by Crippen LogP contribution is 2.22. The Morgan fingerprint density at radius 3 is 2.52 bits per heavy atom. The van der Waals surface area contributed by atoms with Crippen molar-refractivity contribution in [1.82, 2.24) is 0 Å². The van der Waals surface area contributed by atoms with E-state index in [1.807, 2.05) is 0 Å². The van der Waals surface area contributed by atoms with Gasteiger partial charge in [0.1, 0.15) is 22.9 Å². The topological polar surface area (TPSA) is 112 Å². The van der Waals surface area contributed by atoms with Gasteiger partial charge in [0.2, 0.25) is 0 Å². The van der Waals surface area contributed by atoms with Crippen LogP contribution in [0.4, 0.5) is 15.8 Å². The molecule has 0 unspecified atom stereocenters. The monoisotopic (exact) mass is 350 g/mol. The van der Waals surface area contributed by atoms with Crippen LogP contribution in [0.5, 0.6) is 0 Å². The summed E-state index contributed by atoms with van der Waals surface area (Å²) in [7, 11) is 0. The fourth-order valence-corrected chi connectivity index (χ4v) is 2.21. The number of ether oxygens (including phenoxy) is 1. The Hall–Kier alpha value is -3.23. The molecular formula is C16H15FN2O6. The summed E-state index contributed by atoms with van der Waals surface area (Å²) in [5.41, 5.74) is 0.0787. The van der Waals surface area contributed by atoms with E-state index in [-0.39, 0.29) is 16.9 Å². The van der Waals surface area contributed by atoms with E-state index in [1.165, 1.54) is 0 Å². The summed E-state index contributed by atoms with van der Waals surface area (Å²) >= 11 is 0. The number of esters is 1. The average molecular weight is 350 g/mol. The lowest BCUT2D eigenvalue weighted by atomic mass is 10.1. The minimum Gasteiger partial charge on any atom is -0.465 e. The van der Waals surface area contributed by atoms with E-state index in [2.05, 4.69) is 5.32 Å². The second-order valence-electron chi connectivity index (χ2n) is 5.26. The van der Waals surface area contributed by atoms with Gasteiger partial charge >= 0.3 is 5.97 Å². The van der Waals surface area contributed by atoms with Gasteiger partial charge in [0, 0.05) is 17.7 Å². The zero-order valence-corrected chi connectivity index (χ0v) is 13.7. The van der Waals surface area contributed by atoms with Crippen LogP contribution in [0.2, 0.25) is 0 Å². The van der Waals surface area contributed by atoms with Crippen molar-refractivity contribution in [2.24, 2.45) is 0 Å². The molecule has 9 heteroatoms. The molecule has 0 saturated heterocycles. The van der Waals surface area contributed by atoms with Crippen molar-refractivity contribution in [2.75, 3.05) is 11.9 Å². The van der Waals surface area contributed by atoms with Gasteiger partial charge in [0.25, 0.3) is 11.6 Å². The van der Waals surface area contributed by atoms with Gasteiger partial charge in [-0.05, 0) is 26.8 Å². The first kappa shape index (κ1) is 18.1. The van der Waals surface area contributed by atoms with Crippen LogP contribution in [0.25, 0.3) is 0 Å². The first-order chi connectivity index (χ1) is 11.7. The zero-order valence-electron chi connectivity index (χ0n) is 13.7. The lowest BCUT2D eigenvalue weighted by molar-refractivity contribution is -0.384. The number of carbonyl (C=O) groups is 2. The van der Waals surface area contributed by atoms with Gasteiger partial charge < -0.3 is 14.5 Å². The van der Waals surface area contributed by atoms with Gasteiger partial charge in [-0.25, -0.2) is 9.18 Å². The molecule has 1 aromatic heterocycles. The largest absolute Gasteiger partial charge is 0.465 e. The Balaban J connectivity index is 2.03. The smallest absolute Gasteiger partial charge is 0.342 e. The number of furan rings is 1. The van der Waals surface area contributed by atoms with Gasteiger partial charge in [-0.1, -0.05) is 0 Å². The molecule has 1 aromatic carbocycles. The van der Waals surface area contributed by atoms with Gasteiger partial charge in [-0.2, -0.15) is 0 Å². The standard InChI is InChI=1S/C16H15FN2O6/c1-8-9(2)25-10(3)15(8)16(21)24-7-14(20)18-13-6-11(19(22)23)4-5-12(13)17/h4-6H,7H2,1-3H3,(H,18,20). The molecule has 2 rings (SSSR count). The van der Waals surface area contributed by atoms with E-state index in [0.717, 1.165) is 18.2 Å². The third kappa shape index (κ3) is 4.00. The number of amides is 1. The van der Waals surface area contributed by atoms with Crippen LogP contribution in [-0.2, 0) is 9.53 Å². The van der Waals surface area contributed by atoms with E-state index >= 15 is 0 Å². The third-order valence-electron chi connectivity index (χ3n) is 3.53. The van der Waals surface area contributed by atoms with E-state index in [1.54, 1.807) is 20.8 Å². The zero-order chi connectivity index (χ0) is 18.7. The van der Waals surface area contributed by atoms with Crippen molar-refractivity contribution in [1.29, 1.82) is 0 Å². The van der Waals surface area contributed by atoms with Crippen LogP contribution in [0, 0.1) is 36.7 Å². The number of nitrogens with one attached hydrogen (secondary N) is 1. The predicted molar refractivity (Wildman–Crippen MR) is 84.9 cm³/mol. The maximum absolute atomic E-state index is 13.6. The number of halogens is 1. The Bertz CT molecular complexity index is 859. The fraction of sp³-hybridized carbons (Fsp3) is 0.250. The van der Waals surface area contributed by atoms with Gasteiger partial charge in [0.15, 0.2) is 6.61 Å². The highest BCUT2D eigenvalue weighted by molar-refractivity contribution is 5.96. The highest BCUT2D eigenvalue weighted by atomic mass is 19.1. The predicted octanol–water partition coefficient (Wildman–Crippen LogP) is 3.05. The first-order valence-corrected chi connectivity index (χ1v) is 7.18. The molecule has 1 amide bonds. The SMILES string of the molecule is Cc1oc(C)c(C(=O)OCC(=O)Nc2cc([N+](=O)[O-])ccc2F)c1C. The number of hydrogen-bond acceptors (Lipinski definition) is 6. The van der Waals surface area contributed by atoms with E-state index in [4.69, 9.17) is 9.15 Å². The summed E-state index contributed by atoms with van der Waals surface area (Å²) in [4.78, 5) is 33.8. The summed E-state index contributed by atoms with van der Waals surface area (Å²) in [5, 5.41) is 12.8. The van der Waals surface area contributed by atoms with Crippen molar-refractivity contribution >= 4 is 23.3 Å². The summed E-state index contributed by atoms with van der Waals surface area (Å²) in [5.74, 6) is -1.50. The fourth-order valence-electron chi connectivity index (χ4n) is 2.21. The van der Waals surface area contributed by atoms with Crippen LogP contribution in [0.1, 0.15) is 27.4 Å². The first-order valence-electron chi connectivity index (χ1n) is 7.18. The molecule has 0 spiro atoms. The van der Waals surface area contributed by atoms with Crippen LogP contribution in [0.3, 0.4) is 0 Å². The van der Waals surface area contributed by atoms with Crippen molar-refractivity contribution in [3.63, 3.8) is 0 Å². The number of carbonyl (C=O) groups excluding carboxylic acids is 2. The van der Waals surface area contributed by atoms with Crippen molar-refractivity contribution in [2.45, 2.75) is 20.8 Å². The molecule has 0 fully saturated rings. The number of nitrogens with zero attached hydrogens (tertiary/aromatic N) is 1. The molecule has 0 saturated carbocycles. The molecule has 0 aliphatic heterocycles. The Kier molecular flexibility index (Phi) is 5.16. The molecule has 1 N–H and O–H groups in total. The molecule has 0 radical (unpaired) electrons. The Morgan fingerprint density at radius 1 is 1.28 bits per heavy atom. The minimum absolute atomic E-state index is 0.229. The number of nitro benzene ring substituents is 1.